The maximum atomic E-state index is 12.9. The van der Waals surface area contributed by atoms with Gasteiger partial charge in [-0.25, -0.2) is 8.42 Å². The van der Waals surface area contributed by atoms with Crippen LogP contribution in [-0.4, -0.2) is 38.8 Å². The molecule has 0 aliphatic rings. The summed E-state index contributed by atoms with van der Waals surface area (Å²) < 4.78 is 25.8. The third-order valence-corrected chi connectivity index (χ3v) is 5.50. The third kappa shape index (κ3) is 3.96. The van der Waals surface area contributed by atoms with E-state index in [1.807, 2.05) is 0 Å². The zero-order chi connectivity index (χ0) is 17.6. The van der Waals surface area contributed by atoms with Gasteiger partial charge >= 0.3 is 11.8 Å². The lowest BCUT2D eigenvalue weighted by Gasteiger charge is -2.18. The number of amides is 2. The lowest BCUT2D eigenvalue weighted by molar-refractivity contribution is -0.138. The van der Waals surface area contributed by atoms with Crippen LogP contribution in [0.2, 0.25) is 0 Å². The number of carbonyl (C=O) groups is 2. The molecule has 0 saturated heterocycles. The van der Waals surface area contributed by atoms with E-state index in [-0.39, 0.29) is 11.4 Å². The van der Waals surface area contributed by atoms with E-state index in [1.165, 1.54) is 31.6 Å². The highest BCUT2D eigenvalue weighted by Crippen LogP contribution is 2.27. The number of carbonyl (C=O) groups excluding carboxylic acids is 2. The number of nitrogens with zero attached hydrogens (tertiary/aromatic N) is 1. The van der Waals surface area contributed by atoms with Gasteiger partial charge in [-0.1, -0.05) is 24.3 Å². The van der Waals surface area contributed by atoms with Gasteiger partial charge in [0, 0.05) is 26.0 Å². The van der Waals surface area contributed by atoms with E-state index in [9.17, 15) is 18.0 Å². The van der Waals surface area contributed by atoms with Gasteiger partial charge in [0.25, 0.3) is 0 Å². The van der Waals surface area contributed by atoms with Gasteiger partial charge in [-0.3, -0.25) is 14.6 Å². The van der Waals surface area contributed by atoms with Gasteiger partial charge in [0.15, 0.2) is 9.84 Å². The largest absolute Gasteiger partial charge is 0.351 e. The van der Waals surface area contributed by atoms with Crippen molar-refractivity contribution in [2.45, 2.75) is 10.1 Å². The molecule has 2 aromatic rings. The van der Waals surface area contributed by atoms with Gasteiger partial charge < -0.3 is 10.6 Å². The highest BCUT2D eigenvalue weighted by atomic mass is 32.2. The maximum absolute atomic E-state index is 12.9. The van der Waals surface area contributed by atoms with Crippen LogP contribution in [-0.2, 0) is 19.4 Å². The molecule has 2 rings (SSSR count). The summed E-state index contributed by atoms with van der Waals surface area (Å²) >= 11 is 0. The Balaban J connectivity index is 2.34. The number of benzene rings is 1. The fourth-order valence-electron chi connectivity index (χ4n) is 2.13. The minimum Gasteiger partial charge on any atom is -0.351 e. The lowest BCUT2D eigenvalue weighted by atomic mass is 10.2. The van der Waals surface area contributed by atoms with Crippen LogP contribution in [0.15, 0.2) is 59.8 Å². The standard InChI is InChI=1S/C16H17N3O4S/c1-17-15(20)16(21)19-11-14(12-6-5-9-18-10-12)24(22,23)13-7-3-2-4-8-13/h2-10,14H,11H2,1H3,(H,17,20)(H,19,21)/t14-/m1/s1. The Bertz CT molecular complexity index is 808. The van der Waals surface area contributed by atoms with Crippen LogP contribution in [0.1, 0.15) is 10.8 Å². The number of pyridine rings is 1. The van der Waals surface area contributed by atoms with Crippen LogP contribution >= 0.6 is 0 Å². The monoisotopic (exact) mass is 347 g/mol. The molecule has 0 fully saturated rings. The maximum Gasteiger partial charge on any atom is 0.309 e. The van der Waals surface area contributed by atoms with Crippen molar-refractivity contribution in [3.63, 3.8) is 0 Å². The minimum atomic E-state index is -3.77. The number of likely N-dealkylation sites (N-methyl/N-ethyl adjacent to an activating group) is 1. The first-order valence-electron chi connectivity index (χ1n) is 7.15. The number of sulfone groups is 1. The average molecular weight is 347 g/mol. The van der Waals surface area contributed by atoms with Gasteiger partial charge in [-0.2, -0.15) is 0 Å². The topological polar surface area (TPSA) is 105 Å². The molecule has 1 heterocycles. The van der Waals surface area contributed by atoms with Crippen LogP contribution < -0.4 is 10.6 Å². The number of rotatable bonds is 5. The Labute approximate surface area is 140 Å². The van der Waals surface area contributed by atoms with Gasteiger partial charge in [0.2, 0.25) is 0 Å². The van der Waals surface area contributed by atoms with Gasteiger partial charge in [0.1, 0.15) is 5.25 Å². The summed E-state index contributed by atoms with van der Waals surface area (Å²) in [5.74, 6) is -1.73. The first kappa shape index (κ1) is 17.6. The number of aromatic nitrogens is 1. The van der Waals surface area contributed by atoms with Crippen molar-refractivity contribution in [1.82, 2.24) is 15.6 Å². The minimum absolute atomic E-state index is 0.132. The first-order valence-corrected chi connectivity index (χ1v) is 8.70. The molecule has 0 bridgehead atoms. The zero-order valence-electron chi connectivity index (χ0n) is 13.0. The SMILES string of the molecule is CNC(=O)C(=O)NC[C@H](c1cccnc1)S(=O)(=O)c1ccccc1. The highest BCUT2D eigenvalue weighted by molar-refractivity contribution is 7.91. The van der Waals surface area contributed by atoms with E-state index in [4.69, 9.17) is 0 Å². The highest BCUT2D eigenvalue weighted by Gasteiger charge is 2.30. The Kier molecular flexibility index (Phi) is 5.64. The molecule has 0 aliphatic carbocycles. The molecular weight excluding hydrogens is 330 g/mol. The second kappa shape index (κ2) is 7.69. The van der Waals surface area contributed by atoms with E-state index in [0.29, 0.717) is 5.56 Å². The summed E-state index contributed by atoms with van der Waals surface area (Å²) in [4.78, 5) is 27.0. The van der Waals surface area contributed by atoms with Crippen molar-refractivity contribution < 1.29 is 18.0 Å². The normalized spacial score (nSPS) is 12.2. The predicted molar refractivity (Wildman–Crippen MR) is 87.7 cm³/mol. The fourth-order valence-corrected chi connectivity index (χ4v) is 3.79. The summed E-state index contributed by atoms with van der Waals surface area (Å²) in [6, 6.07) is 11.2. The molecule has 1 atom stereocenters. The molecule has 0 saturated carbocycles. The quantitative estimate of drug-likeness (QED) is 0.765. The molecule has 0 unspecified atom stereocenters. The molecule has 0 spiro atoms. The summed E-state index contributed by atoms with van der Waals surface area (Å²) in [7, 11) is -2.45. The molecule has 0 radical (unpaired) electrons. The second-order valence-corrected chi connectivity index (χ2v) is 7.05. The van der Waals surface area contributed by atoms with Gasteiger partial charge in [-0.15, -0.1) is 0 Å². The van der Waals surface area contributed by atoms with E-state index < -0.39 is 26.9 Å². The number of nitrogens with one attached hydrogen (secondary N) is 2. The molecular formula is C16H17N3O4S. The molecule has 2 amide bonds. The van der Waals surface area contributed by atoms with Crippen LogP contribution in [0.4, 0.5) is 0 Å². The number of hydrogen-bond acceptors (Lipinski definition) is 5. The molecule has 126 valence electrons. The fraction of sp³-hybridized carbons (Fsp3) is 0.188. The Hall–Kier alpha value is -2.74. The van der Waals surface area contributed by atoms with Crippen LogP contribution in [0.25, 0.3) is 0 Å². The Morgan fingerprint density at radius 1 is 1.08 bits per heavy atom. The van der Waals surface area contributed by atoms with E-state index in [2.05, 4.69) is 15.6 Å². The Morgan fingerprint density at radius 2 is 1.79 bits per heavy atom. The molecule has 0 aliphatic heterocycles. The lowest BCUT2D eigenvalue weighted by Crippen LogP contribution is -2.41. The Morgan fingerprint density at radius 3 is 2.38 bits per heavy atom. The third-order valence-electron chi connectivity index (χ3n) is 3.38. The average Bonchev–Trinajstić information content (AvgIpc) is 2.62. The summed E-state index contributed by atoms with van der Waals surface area (Å²) in [5.41, 5.74) is 0.429. The molecule has 7 nitrogen and oxygen atoms in total. The van der Waals surface area contributed by atoms with E-state index >= 15 is 0 Å². The van der Waals surface area contributed by atoms with E-state index in [0.717, 1.165) is 0 Å². The molecule has 1 aromatic heterocycles. The van der Waals surface area contributed by atoms with Crippen LogP contribution in [0.3, 0.4) is 0 Å². The molecule has 2 N–H and O–H groups in total. The van der Waals surface area contributed by atoms with Crippen molar-refractivity contribution >= 4 is 21.7 Å². The summed E-state index contributed by atoms with van der Waals surface area (Å²) in [6.45, 7) is -0.241. The molecule has 24 heavy (non-hydrogen) atoms. The van der Waals surface area contributed by atoms with Crippen molar-refractivity contribution in [2.75, 3.05) is 13.6 Å². The van der Waals surface area contributed by atoms with Crippen LogP contribution in [0.5, 0.6) is 0 Å². The smallest absolute Gasteiger partial charge is 0.309 e. The van der Waals surface area contributed by atoms with Crippen molar-refractivity contribution in [2.24, 2.45) is 0 Å². The van der Waals surface area contributed by atoms with Crippen molar-refractivity contribution in [3.8, 4) is 0 Å². The van der Waals surface area contributed by atoms with Gasteiger partial charge in [-0.05, 0) is 23.8 Å². The van der Waals surface area contributed by atoms with E-state index in [1.54, 1.807) is 30.3 Å². The first-order chi connectivity index (χ1) is 11.5. The molecule has 8 heteroatoms. The summed E-state index contributed by atoms with van der Waals surface area (Å²) in [5, 5.41) is 3.48. The number of hydrogen-bond donors (Lipinski definition) is 2. The van der Waals surface area contributed by atoms with Gasteiger partial charge in [0.05, 0.1) is 4.90 Å². The van der Waals surface area contributed by atoms with Crippen molar-refractivity contribution in [3.05, 3.63) is 60.4 Å². The zero-order valence-corrected chi connectivity index (χ0v) is 13.8. The summed E-state index contributed by atoms with van der Waals surface area (Å²) in [6.07, 6.45) is 2.95. The van der Waals surface area contributed by atoms with Crippen molar-refractivity contribution in [1.29, 1.82) is 0 Å². The molecule has 1 aromatic carbocycles. The second-order valence-electron chi connectivity index (χ2n) is 4.92. The van der Waals surface area contributed by atoms with Crippen LogP contribution in [0, 0.1) is 0 Å². The predicted octanol–water partition coefficient (Wildman–Crippen LogP) is 0.459.